The van der Waals surface area contributed by atoms with Crippen molar-refractivity contribution in [1.29, 1.82) is 0 Å². The molecule has 0 aliphatic heterocycles. The Balaban J connectivity index is 2.94. The molecule has 0 aliphatic carbocycles. The lowest BCUT2D eigenvalue weighted by atomic mass is 10.2. The van der Waals surface area contributed by atoms with Crippen LogP contribution in [0.5, 0.6) is 5.75 Å². The zero-order valence-electron chi connectivity index (χ0n) is 21.4. The molecule has 0 aromatic heterocycles. The normalized spacial score (nSPS) is 12.8. The third kappa shape index (κ3) is 11.6. The van der Waals surface area contributed by atoms with Gasteiger partial charge in [0.05, 0.1) is 31.6 Å². The number of carbonyl (C=O) groups is 3. The zero-order valence-corrected chi connectivity index (χ0v) is 22.2. The lowest BCUT2D eigenvalue weighted by molar-refractivity contribution is -0.116. The number of benzene rings is 1. The molecule has 11 heteroatoms. The van der Waals surface area contributed by atoms with Crippen LogP contribution in [0.25, 0.3) is 0 Å². The molecule has 10 nitrogen and oxygen atoms in total. The van der Waals surface area contributed by atoms with Crippen LogP contribution in [0.2, 0.25) is 0 Å². The second-order valence-corrected chi connectivity index (χ2v) is 7.47. The van der Waals surface area contributed by atoms with Crippen molar-refractivity contribution in [2.75, 3.05) is 41.7 Å². The Bertz CT molecular complexity index is 1070. The van der Waals surface area contributed by atoms with Gasteiger partial charge in [-0.3, -0.25) is 14.9 Å². The van der Waals surface area contributed by atoms with Gasteiger partial charge in [-0.2, -0.15) is 0 Å². The van der Waals surface area contributed by atoms with Gasteiger partial charge in [-0.05, 0) is 55.5 Å². The van der Waals surface area contributed by atoms with Crippen molar-refractivity contribution >= 4 is 29.4 Å². The zero-order chi connectivity index (χ0) is 27.6. The van der Waals surface area contributed by atoms with Crippen LogP contribution >= 0.6 is 11.6 Å². The van der Waals surface area contributed by atoms with Crippen LogP contribution in [-0.4, -0.2) is 59.5 Å². The molecule has 0 fully saturated rings. The summed E-state index contributed by atoms with van der Waals surface area (Å²) in [6, 6.07) is 5.69. The van der Waals surface area contributed by atoms with Crippen LogP contribution < -0.4 is 20.7 Å². The minimum Gasteiger partial charge on any atom is -0.499 e. The average Bonchev–Trinajstić information content (AvgIpc) is 2.89. The molecule has 0 radical (unpaired) electrons. The predicted octanol–water partition coefficient (Wildman–Crippen LogP) is 3.54. The van der Waals surface area contributed by atoms with Crippen LogP contribution in [0, 0.1) is 0 Å². The van der Waals surface area contributed by atoms with E-state index in [1.54, 1.807) is 43.3 Å². The summed E-state index contributed by atoms with van der Waals surface area (Å²) in [7, 11) is 5.92. The number of imide groups is 1. The first kappa shape index (κ1) is 31.2. The Kier molecular flexibility index (Phi) is 14.8. The van der Waals surface area contributed by atoms with E-state index < -0.39 is 17.8 Å². The number of halogens is 1. The molecule has 0 bridgehead atoms. The van der Waals surface area contributed by atoms with Crippen molar-refractivity contribution in [3.63, 3.8) is 0 Å². The van der Waals surface area contributed by atoms with Gasteiger partial charge >= 0.3 is 6.03 Å². The molecular formula is C26H32ClN3O7. The molecule has 0 aliphatic rings. The van der Waals surface area contributed by atoms with Gasteiger partial charge in [-0.25, -0.2) is 4.79 Å². The second kappa shape index (κ2) is 17.6. The summed E-state index contributed by atoms with van der Waals surface area (Å²) >= 11 is 6.28. The van der Waals surface area contributed by atoms with Gasteiger partial charge in [0.25, 0.3) is 11.8 Å². The van der Waals surface area contributed by atoms with E-state index >= 15 is 0 Å². The van der Waals surface area contributed by atoms with Crippen LogP contribution in [0.4, 0.5) is 4.79 Å². The quantitative estimate of drug-likeness (QED) is 0.201. The van der Waals surface area contributed by atoms with Gasteiger partial charge in [-0.15, -0.1) is 0 Å². The van der Waals surface area contributed by atoms with Gasteiger partial charge in [-0.1, -0.05) is 17.7 Å². The first-order valence-electron chi connectivity index (χ1n) is 11.0. The van der Waals surface area contributed by atoms with E-state index in [1.807, 2.05) is 0 Å². The number of urea groups is 1. The average molecular weight is 534 g/mol. The minimum atomic E-state index is -0.813. The molecule has 4 amide bonds. The maximum atomic E-state index is 12.6. The fourth-order valence-corrected chi connectivity index (χ4v) is 2.87. The van der Waals surface area contributed by atoms with E-state index in [0.29, 0.717) is 17.1 Å². The van der Waals surface area contributed by atoms with Crippen molar-refractivity contribution in [3.8, 4) is 5.75 Å². The SMILES string of the molecule is C\C=C/C(Cl)=C(\C=C\NC(=O)NC(=O)C(/C=C(\COC)OC)=C/COC)NC(=O)c1ccc(OC)cc1. The van der Waals surface area contributed by atoms with Crippen molar-refractivity contribution in [2.24, 2.45) is 0 Å². The standard InChI is InChI=1S/C26H32ClN3O7/c1-6-7-22(27)23(29-24(31)18-8-10-20(36-4)11-9-18)12-14-28-26(33)30-25(32)19(13-15-34-2)16-21(37-5)17-35-3/h6-14,16H,15,17H2,1-5H3,(H,29,31)(H2,28,30,32,33)/b7-6-,14-12+,19-13+,21-16+,23-22-. The minimum absolute atomic E-state index is 0.132. The first-order valence-corrected chi connectivity index (χ1v) is 11.4. The van der Waals surface area contributed by atoms with Crippen molar-refractivity contribution in [2.45, 2.75) is 6.92 Å². The number of nitrogens with one attached hydrogen (secondary N) is 3. The molecule has 0 heterocycles. The maximum absolute atomic E-state index is 12.6. The summed E-state index contributed by atoms with van der Waals surface area (Å²) < 4.78 is 20.2. The van der Waals surface area contributed by atoms with Gasteiger partial charge in [0.15, 0.2) is 0 Å². The molecule has 0 saturated carbocycles. The molecule has 0 saturated heterocycles. The van der Waals surface area contributed by atoms with Crippen LogP contribution in [0.1, 0.15) is 17.3 Å². The summed E-state index contributed by atoms with van der Waals surface area (Å²) in [6.45, 7) is 2.03. The highest BCUT2D eigenvalue weighted by Crippen LogP contribution is 2.14. The Labute approximate surface area is 221 Å². The van der Waals surface area contributed by atoms with E-state index in [0.717, 1.165) is 0 Å². The number of methoxy groups -OCH3 is 4. The summed E-state index contributed by atoms with van der Waals surface area (Å²) in [6.07, 6.45) is 8.81. The number of hydrogen-bond acceptors (Lipinski definition) is 7. The van der Waals surface area contributed by atoms with Gasteiger partial charge < -0.3 is 29.6 Å². The molecule has 3 N–H and O–H groups in total. The molecular weight excluding hydrogens is 502 g/mol. The van der Waals surface area contributed by atoms with Crippen LogP contribution in [0.15, 0.2) is 82.9 Å². The van der Waals surface area contributed by atoms with Crippen LogP contribution in [-0.2, 0) is 19.0 Å². The van der Waals surface area contributed by atoms with Gasteiger partial charge in [0, 0.05) is 31.6 Å². The number of carbonyl (C=O) groups excluding carboxylic acids is 3. The molecule has 200 valence electrons. The maximum Gasteiger partial charge on any atom is 0.325 e. The molecule has 37 heavy (non-hydrogen) atoms. The Morgan fingerprint density at radius 3 is 2.24 bits per heavy atom. The van der Waals surface area contributed by atoms with Crippen LogP contribution in [0.3, 0.4) is 0 Å². The fourth-order valence-electron chi connectivity index (χ4n) is 2.63. The highest BCUT2D eigenvalue weighted by molar-refractivity contribution is 6.31. The fraction of sp³-hybridized carbons (Fsp3) is 0.269. The number of ether oxygens (including phenoxy) is 4. The Morgan fingerprint density at radius 2 is 1.68 bits per heavy atom. The van der Waals surface area contributed by atoms with Gasteiger partial charge in [0.1, 0.15) is 18.1 Å². The number of hydrogen-bond donors (Lipinski definition) is 3. The first-order chi connectivity index (χ1) is 17.8. The second-order valence-electron chi connectivity index (χ2n) is 7.07. The molecule has 0 unspecified atom stereocenters. The summed E-state index contributed by atoms with van der Waals surface area (Å²) in [4.78, 5) is 37.5. The van der Waals surface area contributed by atoms with Crippen molar-refractivity contribution in [1.82, 2.24) is 16.0 Å². The summed E-state index contributed by atoms with van der Waals surface area (Å²) in [5, 5.41) is 7.51. The molecule has 1 aromatic rings. The van der Waals surface area contributed by atoms with E-state index in [2.05, 4.69) is 16.0 Å². The molecule has 1 rings (SSSR count). The number of rotatable bonds is 13. The van der Waals surface area contributed by atoms with E-state index in [1.165, 1.54) is 52.9 Å². The van der Waals surface area contributed by atoms with E-state index in [-0.39, 0.29) is 29.5 Å². The highest BCUT2D eigenvalue weighted by Gasteiger charge is 2.13. The van der Waals surface area contributed by atoms with Gasteiger partial charge in [0.2, 0.25) is 0 Å². The molecule has 0 spiro atoms. The molecule has 0 atom stereocenters. The lowest BCUT2D eigenvalue weighted by Crippen LogP contribution is -2.37. The largest absolute Gasteiger partial charge is 0.499 e. The Hall–Kier alpha value is -3.86. The van der Waals surface area contributed by atoms with Crippen molar-refractivity contribution < 1.29 is 33.3 Å². The predicted molar refractivity (Wildman–Crippen MR) is 141 cm³/mol. The highest BCUT2D eigenvalue weighted by atomic mass is 35.5. The number of allylic oxidation sites excluding steroid dienone is 4. The monoisotopic (exact) mass is 533 g/mol. The lowest BCUT2D eigenvalue weighted by Gasteiger charge is -2.10. The van der Waals surface area contributed by atoms with Crippen molar-refractivity contribution in [3.05, 3.63) is 88.5 Å². The summed E-state index contributed by atoms with van der Waals surface area (Å²) in [5.74, 6) is -0.128. The summed E-state index contributed by atoms with van der Waals surface area (Å²) in [5.41, 5.74) is 0.735. The Morgan fingerprint density at radius 1 is 0.973 bits per heavy atom. The smallest absolute Gasteiger partial charge is 0.325 e. The third-order valence-corrected chi connectivity index (χ3v) is 4.79. The van der Waals surface area contributed by atoms with E-state index in [4.69, 9.17) is 30.5 Å². The topological polar surface area (TPSA) is 124 Å². The molecule has 1 aromatic carbocycles. The third-order valence-electron chi connectivity index (χ3n) is 4.46. The number of amides is 4. The van der Waals surface area contributed by atoms with E-state index in [9.17, 15) is 14.4 Å².